The van der Waals surface area contributed by atoms with Crippen molar-refractivity contribution in [1.82, 2.24) is 24.5 Å². The van der Waals surface area contributed by atoms with Gasteiger partial charge in [-0.3, -0.25) is 9.30 Å². The number of benzene rings is 2. The van der Waals surface area contributed by atoms with Crippen molar-refractivity contribution >= 4 is 16.6 Å². The summed E-state index contributed by atoms with van der Waals surface area (Å²) in [7, 11) is 3.22. The lowest BCUT2D eigenvalue weighted by atomic mass is 10.2. The van der Waals surface area contributed by atoms with Gasteiger partial charge in [-0.15, -0.1) is 10.2 Å². The molecule has 0 atom stereocenters. The highest BCUT2D eigenvalue weighted by Gasteiger charge is 2.15. The van der Waals surface area contributed by atoms with E-state index < -0.39 is 0 Å². The van der Waals surface area contributed by atoms with Crippen LogP contribution in [0.2, 0.25) is 0 Å². The second kappa shape index (κ2) is 8.39. The Morgan fingerprint density at radius 2 is 1.68 bits per heavy atom. The van der Waals surface area contributed by atoms with E-state index in [9.17, 15) is 0 Å². The molecule has 1 fully saturated rings. The third-order valence-electron chi connectivity index (χ3n) is 5.74. The highest BCUT2D eigenvalue weighted by atomic mass is 16.5. The normalized spacial score (nSPS) is 14.4. The fourth-order valence-electron chi connectivity index (χ4n) is 4.05. The molecular formula is C23H25N5O3. The average Bonchev–Trinajstić information content (AvgIpc) is 3.48. The minimum Gasteiger partial charge on any atom is -0.493 e. The van der Waals surface area contributed by atoms with E-state index >= 15 is 0 Å². The molecule has 5 rings (SSSR count). The van der Waals surface area contributed by atoms with Gasteiger partial charge in [0.15, 0.2) is 23.0 Å². The SMILES string of the molecule is COc1cc2ncn3c(-c4ccc(OCCN5CCCC5)cc4)nnc3c2cc1OC. The number of hydrogen-bond donors (Lipinski definition) is 0. The van der Waals surface area contributed by atoms with Gasteiger partial charge in [0, 0.05) is 23.6 Å². The van der Waals surface area contributed by atoms with Gasteiger partial charge in [-0.2, -0.15) is 0 Å². The second-order valence-corrected chi connectivity index (χ2v) is 7.61. The quantitative estimate of drug-likeness (QED) is 0.454. The Labute approximate surface area is 180 Å². The van der Waals surface area contributed by atoms with Crippen molar-refractivity contribution in [2.45, 2.75) is 12.8 Å². The van der Waals surface area contributed by atoms with Crippen molar-refractivity contribution < 1.29 is 14.2 Å². The van der Waals surface area contributed by atoms with Gasteiger partial charge in [0.05, 0.1) is 19.7 Å². The third-order valence-corrected chi connectivity index (χ3v) is 5.74. The number of fused-ring (bicyclic) bond motifs is 3. The first-order chi connectivity index (χ1) is 15.3. The Morgan fingerprint density at radius 3 is 2.42 bits per heavy atom. The predicted octanol–water partition coefficient (Wildman–Crippen LogP) is 3.44. The molecule has 0 spiro atoms. The summed E-state index contributed by atoms with van der Waals surface area (Å²) in [4.78, 5) is 7.01. The maximum absolute atomic E-state index is 5.91. The lowest BCUT2D eigenvalue weighted by molar-refractivity contribution is 0.238. The molecule has 1 aliphatic rings. The minimum absolute atomic E-state index is 0.630. The summed E-state index contributed by atoms with van der Waals surface area (Å²) in [5.41, 5.74) is 2.43. The van der Waals surface area contributed by atoms with Crippen LogP contribution in [0.3, 0.4) is 0 Å². The van der Waals surface area contributed by atoms with Crippen LogP contribution in [-0.4, -0.2) is 64.9 Å². The van der Waals surface area contributed by atoms with E-state index in [4.69, 9.17) is 14.2 Å². The van der Waals surface area contributed by atoms with E-state index in [1.165, 1.54) is 25.9 Å². The molecular weight excluding hydrogens is 394 g/mol. The molecule has 0 unspecified atom stereocenters. The molecule has 8 heteroatoms. The zero-order chi connectivity index (χ0) is 21.2. The Balaban J connectivity index is 1.40. The first kappa shape index (κ1) is 19.6. The van der Waals surface area contributed by atoms with E-state index in [1.807, 2.05) is 40.8 Å². The Hall–Kier alpha value is -3.39. The molecule has 4 aromatic rings. The average molecular weight is 419 g/mol. The number of aromatic nitrogens is 4. The Bertz CT molecular complexity index is 1200. The smallest absolute Gasteiger partial charge is 0.171 e. The number of rotatable bonds is 7. The lowest BCUT2D eigenvalue weighted by Gasteiger charge is -2.15. The van der Waals surface area contributed by atoms with Gasteiger partial charge in [-0.25, -0.2) is 4.98 Å². The van der Waals surface area contributed by atoms with Crippen molar-refractivity contribution in [3.8, 4) is 28.6 Å². The van der Waals surface area contributed by atoms with Crippen LogP contribution in [0.5, 0.6) is 17.2 Å². The predicted molar refractivity (Wildman–Crippen MR) is 118 cm³/mol. The number of methoxy groups -OCH3 is 2. The molecule has 8 nitrogen and oxygen atoms in total. The fraction of sp³-hybridized carbons (Fsp3) is 0.348. The molecule has 2 aromatic carbocycles. The van der Waals surface area contributed by atoms with Crippen LogP contribution in [0.15, 0.2) is 42.7 Å². The van der Waals surface area contributed by atoms with Crippen molar-refractivity contribution in [2.75, 3.05) is 40.5 Å². The van der Waals surface area contributed by atoms with Crippen molar-refractivity contribution in [3.05, 3.63) is 42.7 Å². The minimum atomic E-state index is 0.630. The number of likely N-dealkylation sites (tertiary alicyclic amines) is 1. The molecule has 160 valence electrons. The van der Waals surface area contributed by atoms with Crippen LogP contribution in [0.4, 0.5) is 0 Å². The summed E-state index contributed by atoms with van der Waals surface area (Å²) in [6.07, 6.45) is 4.33. The summed E-state index contributed by atoms with van der Waals surface area (Å²) < 4.78 is 18.6. The fourth-order valence-corrected chi connectivity index (χ4v) is 4.05. The molecule has 0 amide bonds. The van der Waals surface area contributed by atoms with Crippen LogP contribution in [0.1, 0.15) is 12.8 Å². The summed E-state index contributed by atoms with van der Waals surface area (Å²) >= 11 is 0. The number of ether oxygens (including phenoxy) is 3. The zero-order valence-corrected chi connectivity index (χ0v) is 17.7. The van der Waals surface area contributed by atoms with Gasteiger partial charge in [0.2, 0.25) is 0 Å². The van der Waals surface area contributed by atoms with Gasteiger partial charge in [0.25, 0.3) is 0 Å². The van der Waals surface area contributed by atoms with Crippen LogP contribution in [0, 0.1) is 0 Å². The van der Waals surface area contributed by atoms with Crippen molar-refractivity contribution in [3.63, 3.8) is 0 Å². The van der Waals surface area contributed by atoms with Gasteiger partial charge in [-0.05, 0) is 56.3 Å². The van der Waals surface area contributed by atoms with Gasteiger partial charge < -0.3 is 14.2 Å². The molecule has 1 aliphatic heterocycles. The Kier molecular flexibility index (Phi) is 5.30. The molecule has 3 heterocycles. The summed E-state index contributed by atoms with van der Waals surface area (Å²) in [5.74, 6) is 2.84. The largest absolute Gasteiger partial charge is 0.493 e. The topological polar surface area (TPSA) is 74.0 Å². The van der Waals surface area contributed by atoms with Gasteiger partial charge in [-0.1, -0.05) is 0 Å². The first-order valence-electron chi connectivity index (χ1n) is 10.5. The molecule has 0 aliphatic carbocycles. The summed E-state index contributed by atoms with van der Waals surface area (Å²) in [6.45, 7) is 4.05. The molecule has 2 aromatic heterocycles. The summed E-state index contributed by atoms with van der Waals surface area (Å²) in [6, 6.07) is 11.7. The molecule has 0 N–H and O–H groups in total. The number of nitrogens with zero attached hydrogens (tertiary/aromatic N) is 5. The van der Waals surface area contributed by atoms with E-state index in [2.05, 4.69) is 20.1 Å². The third kappa shape index (κ3) is 3.74. The van der Waals surface area contributed by atoms with Crippen LogP contribution >= 0.6 is 0 Å². The molecule has 0 bridgehead atoms. The van der Waals surface area contributed by atoms with E-state index in [1.54, 1.807) is 20.5 Å². The van der Waals surface area contributed by atoms with E-state index in [0.717, 1.165) is 34.6 Å². The lowest BCUT2D eigenvalue weighted by Crippen LogP contribution is -2.25. The van der Waals surface area contributed by atoms with Crippen LogP contribution in [0.25, 0.3) is 27.9 Å². The first-order valence-corrected chi connectivity index (χ1v) is 10.5. The molecule has 0 saturated carbocycles. The van der Waals surface area contributed by atoms with Gasteiger partial charge in [0.1, 0.15) is 18.7 Å². The van der Waals surface area contributed by atoms with Crippen LogP contribution < -0.4 is 14.2 Å². The van der Waals surface area contributed by atoms with Gasteiger partial charge >= 0.3 is 0 Å². The van der Waals surface area contributed by atoms with E-state index in [0.29, 0.717) is 23.8 Å². The monoisotopic (exact) mass is 419 g/mol. The van der Waals surface area contributed by atoms with Crippen LogP contribution in [-0.2, 0) is 0 Å². The highest BCUT2D eigenvalue weighted by Crippen LogP contribution is 2.33. The standard InChI is InChI=1S/C23H25N5O3/c1-29-20-13-18-19(14-21(20)30-2)24-15-28-22(25-26-23(18)28)16-5-7-17(8-6-16)31-12-11-27-9-3-4-10-27/h5-8,13-15H,3-4,9-12H2,1-2H3. The molecule has 0 radical (unpaired) electrons. The Morgan fingerprint density at radius 1 is 0.935 bits per heavy atom. The van der Waals surface area contributed by atoms with E-state index in [-0.39, 0.29) is 0 Å². The highest BCUT2D eigenvalue weighted by molar-refractivity contribution is 5.94. The van der Waals surface area contributed by atoms with Crippen molar-refractivity contribution in [2.24, 2.45) is 0 Å². The zero-order valence-electron chi connectivity index (χ0n) is 17.7. The maximum atomic E-state index is 5.91. The number of hydrogen-bond acceptors (Lipinski definition) is 7. The second-order valence-electron chi connectivity index (χ2n) is 7.61. The maximum Gasteiger partial charge on any atom is 0.171 e. The van der Waals surface area contributed by atoms with Crippen molar-refractivity contribution in [1.29, 1.82) is 0 Å². The molecule has 1 saturated heterocycles. The molecule has 31 heavy (non-hydrogen) atoms. The summed E-state index contributed by atoms with van der Waals surface area (Å²) in [5, 5.41) is 9.67.